The van der Waals surface area contributed by atoms with Crippen molar-refractivity contribution in [1.82, 2.24) is 9.80 Å². The highest BCUT2D eigenvalue weighted by atomic mass is 35.5. The van der Waals surface area contributed by atoms with Crippen LogP contribution in [0.15, 0.2) is 53.9 Å². The Hall–Kier alpha value is -2.54. The van der Waals surface area contributed by atoms with Crippen LogP contribution in [0, 0.1) is 6.92 Å². The minimum absolute atomic E-state index is 0.0325. The van der Waals surface area contributed by atoms with Gasteiger partial charge in [-0.25, -0.2) is 0 Å². The number of carbonyl (C=O) groups excluding carboxylic acids is 2. The molecule has 2 amide bonds. The fourth-order valence-electron chi connectivity index (χ4n) is 4.54. The molecule has 2 aromatic carbocycles. The predicted molar refractivity (Wildman–Crippen MR) is 140 cm³/mol. The average Bonchev–Trinajstić information content (AvgIpc) is 3.58. The molecule has 8 heteroatoms. The van der Waals surface area contributed by atoms with Crippen LogP contribution >= 0.6 is 34.5 Å². The maximum absolute atomic E-state index is 13.6. The summed E-state index contributed by atoms with van der Waals surface area (Å²) in [6.07, 6.45) is 2.61. The minimum atomic E-state index is -0.218. The quantitative estimate of drug-likeness (QED) is 0.368. The Morgan fingerprint density at radius 2 is 1.91 bits per heavy atom. The van der Waals surface area contributed by atoms with Gasteiger partial charge in [0.05, 0.1) is 16.6 Å². The van der Waals surface area contributed by atoms with Crippen LogP contribution in [0.4, 0.5) is 0 Å². The van der Waals surface area contributed by atoms with E-state index >= 15 is 0 Å². The van der Waals surface area contributed by atoms with Gasteiger partial charge in [0, 0.05) is 22.5 Å². The molecule has 0 bridgehead atoms. The third-order valence-electron chi connectivity index (χ3n) is 6.61. The first kappa shape index (κ1) is 24.2. The SMILES string of the molecule is Cc1cc(OCC2c3ccsc3CCN2C(=O)CN(C(=O)c2ccccc2Cl)C2CC2)ccc1Cl. The van der Waals surface area contributed by atoms with Crippen LogP contribution < -0.4 is 4.74 Å². The van der Waals surface area contributed by atoms with E-state index in [1.54, 1.807) is 40.5 Å². The van der Waals surface area contributed by atoms with Crippen LogP contribution in [0.3, 0.4) is 0 Å². The highest BCUT2D eigenvalue weighted by molar-refractivity contribution is 7.10. The number of fused-ring (bicyclic) bond motifs is 1. The van der Waals surface area contributed by atoms with Crippen molar-refractivity contribution >= 4 is 46.4 Å². The largest absolute Gasteiger partial charge is 0.491 e. The summed E-state index contributed by atoms with van der Waals surface area (Å²) in [6.45, 7) is 2.90. The summed E-state index contributed by atoms with van der Waals surface area (Å²) in [7, 11) is 0. The van der Waals surface area contributed by atoms with Gasteiger partial charge in [-0.15, -0.1) is 11.3 Å². The number of nitrogens with zero attached hydrogens (tertiary/aromatic N) is 2. The molecule has 0 saturated heterocycles. The van der Waals surface area contributed by atoms with Crippen molar-refractivity contribution < 1.29 is 14.3 Å². The Morgan fingerprint density at radius 3 is 2.66 bits per heavy atom. The highest BCUT2D eigenvalue weighted by Gasteiger charge is 2.38. The van der Waals surface area contributed by atoms with E-state index in [1.165, 1.54) is 4.88 Å². The normalized spacial score (nSPS) is 17.1. The van der Waals surface area contributed by atoms with E-state index in [0.717, 1.165) is 36.1 Å². The van der Waals surface area contributed by atoms with E-state index in [9.17, 15) is 9.59 Å². The summed E-state index contributed by atoms with van der Waals surface area (Å²) >= 11 is 14.2. The summed E-state index contributed by atoms with van der Waals surface area (Å²) < 4.78 is 6.14. The van der Waals surface area contributed by atoms with E-state index in [1.807, 2.05) is 30.0 Å². The smallest absolute Gasteiger partial charge is 0.256 e. The molecule has 1 aliphatic heterocycles. The molecule has 5 nitrogen and oxygen atoms in total. The van der Waals surface area contributed by atoms with Crippen LogP contribution in [0.2, 0.25) is 10.0 Å². The van der Waals surface area contributed by atoms with Gasteiger partial charge < -0.3 is 14.5 Å². The molecule has 0 radical (unpaired) electrons. The topological polar surface area (TPSA) is 49.9 Å². The van der Waals surface area contributed by atoms with Gasteiger partial charge in [-0.1, -0.05) is 35.3 Å². The fourth-order valence-corrected chi connectivity index (χ4v) is 5.80. The average molecular weight is 529 g/mol. The van der Waals surface area contributed by atoms with E-state index in [2.05, 4.69) is 11.4 Å². The second-order valence-corrected chi connectivity index (χ2v) is 10.8. The molecule has 1 fully saturated rings. The summed E-state index contributed by atoms with van der Waals surface area (Å²) in [5, 5.41) is 3.16. The molecule has 0 N–H and O–H groups in total. The Bertz CT molecular complexity index is 1260. The lowest BCUT2D eigenvalue weighted by Crippen LogP contribution is -2.48. The summed E-state index contributed by atoms with van der Waals surface area (Å²) in [5.41, 5.74) is 2.50. The maximum Gasteiger partial charge on any atom is 0.256 e. The number of thiophene rings is 1. The molecule has 2 heterocycles. The molecule has 1 saturated carbocycles. The third-order valence-corrected chi connectivity index (χ3v) is 8.36. The van der Waals surface area contributed by atoms with Gasteiger partial charge in [0.1, 0.15) is 18.9 Å². The van der Waals surface area contributed by atoms with Crippen LogP contribution in [0.1, 0.15) is 45.2 Å². The number of rotatable bonds is 7. The van der Waals surface area contributed by atoms with Gasteiger partial charge in [-0.2, -0.15) is 0 Å². The van der Waals surface area contributed by atoms with Crippen molar-refractivity contribution in [3.05, 3.63) is 85.5 Å². The zero-order valence-electron chi connectivity index (χ0n) is 19.4. The maximum atomic E-state index is 13.6. The molecule has 182 valence electrons. The van der Waals surface area contributed by atoms with Gasteiger partial charge in [-0.05, 0) is 79.1 Å². The monoisotopic (exact) mass is 528 g/mol. The number of hydrogen-bond acceptors (Lipinski definition) is 4. The van der Waals surface area contributed by atoms with Crippen LogP contribution in [0.5, 0.6) is 5.75 Å². The molecule has 35 heavy (non-hydrogen) atoms. The van der Waals surface area contributed by atoms with Crippen LogP contribution in [-0.2, 0) is 11.2 Å². The molecular weight excluding hydrogens is 503 g/mol. The summed E-state index contributed by atoms with van der Waals surface area (Å²) in [5.74, 6) is 0.453. The van der Waals surface area contributed by atoms with Crippen molar-refractivity contribution in [3.63, 3.8) is 0 Å². The lowest BCUT2D eigenvalue weighted by atomic mass is 10.00. The van der Waals surface area contributed by atoms with Crippen molar-refractivity contribution in [2.75, 3.05) is 19.7 Å². The first-order valence-electron chi connectivity index (χ1n) is 11.7. The molecule has 2 aliphatic rings. The van der Waals surface area contributed by atoms with E-state index in [4.69, 9.17) is 27.9 Å². The van der Waals surface area contributed by atoms with Crippen molar-refractivity contribution in [2.45, 2.75) is 38.3 Å². The second-order valence-electron chi connectivity index (χ2n) is 9.02. The van der Waals surface area contributed by atoms with Gasteiger partial charge in [0.2, 0.25) is 5.91 Å². The summed E-state index contributed by atoms with van der Waals surface area (Å²) in [4.78, 5) is 31.8. The van der Waals surface area contributed by atoms with Crippen LogP contribution in [0.25, 0.3) is 0 Å². The zero-order chi connectivity index (χ0) is 24.5. The molecule has 1 atom stereocenters. The van der Waals surface area contributed by atoms with Crippen LogP contribution in [-0.4, -0.2) is 47.4 Å². The molecule has 0 spiro atoms. The standard InChI is InChI=1S/C27H26Cl2N2O3S/c1-17-14-19(8-9-22(17)28)34-16-24-21-11-13-35-25(21)10-12-30(24)26(32)15-31(18-6-7-18)27(33)20-4-2-3-5-23(20)29/h2-5,8-9,11,13-14,18,24H,6-7,10,12,15-16H2,1H3. The Balaban J connectivity index is 1.35. The molecule has 1 aromatic heterocycles. The van der Waals surface area contributed by atoms with E-state index < -0.39 is 0 Å². The highest BCUT2D eigenvalue weighted by Crippen LogP contribution is 2.35. The second kappa shape index (κ2) is 10.2. The fraction of sp³-hybridized carbons (Fsp3) is 0.333. The lowest BCUT2D eigenvalue weighted by molar-refractivity contribution is -0.135. The Morgan fingerprint density at radius 1 is 1.11 bits per heavy atom. The summed E-state index contributed by atoms with van der Waals surface area (Å²) in [6, 6.07) is 14.5. The van der Waals surface area contributed by atoms with Gasteiger partial charge in [-0.3, -0.25) is 9.59 Å². The number of carbonyl (C=O) groups is 2. The van der Waals surface area contributed by atoms with Crippen molar-refractivity contribution in [3.8, 4) is 5.75 Å². The van der Waals surface area contributed by atoms with Gasteiger partial charge >= 0.3 is 0 Å². The minimum Gasteiger partial charge on any atom is -0.491 e. The molecule has 3 aromatic rings. The van der Waals surface area contributed by atoms with Crippen molar-refractivity contribution in [2.24, 2.45) is 0 Å². The van der Waals surface area contributed by atoms with Crippen molar-refractivity contribution in [1.29, 1.82) is 0 Å². The first-order valence-corrected chi connectivity index (χ1v) is 13.4. The van der Waals surface area contributed by atoms with E-state index in [-0.39, 0.29) is 30.4 Å². The number of amides is 2. The van der Waals surface area contributed by atoms with Gasteiger partial charge in [0.15, 0.2) is 0 Å². The Kier molecular flexibility index (Phi) is 7.05. The molecule has 1 aliphatic carbocycles. The van der Waals surface area contributed by atoms with Gasteiger partial charge in [0.25, 0.3) is 5.91 Å². The molecular formula is C27H26Cl2N2O3S. The number of halogens is 2. The molecule has 5 rings (SSSR count). The number of aryl methyl sites for hydroxylation is 1. The number of benzene rings is 2. The number of ether oxygens (including phenoxy) is 1. The first-order chi connectivity index (χ1) is 16.9. The zero-order valence-corrected chi connectivity index (χ0v) is 21.7. The Labute approximate surface area is 219 Å². The lowest BCUT2D eigenvalue weighted by Gasteiger charge is -2.37. The molecule has 1 unspecified atom stereocenters. The van der Waals surface area contributed by atoms with E-state index in [0.29, 0.717) is 28.8 Å². The predicted octanol–water partition coefficient (Wildman–Crippen LogP) is 6.17. The number of hydrogen-bond donors (Lipinski definition) is 0. The third kappa shape index (κ3) is 5.20.